The third-order valence-corrected chi connectivity index (χ3v) is 4.67. The molecule has 4 rings (SSSR count). The van der Waals surface area contributed by atoms with Crippen LogP contribution < -0.4 is 14.8 Å². The Labute approximate surface area is 158 Å². The highest BCUT2D eigenvalue weighted by atomic mass is 16.6. The van der Waals surface area contributed by atoms with Crippen LogP contribution in [0.25, 0.3) is 11.1 Å². The van der Waals surface area contributed by atoms with Crippen molar-refractivity contribution in [2.75, 3.05) is 13.2 Å². The number of ether oxygens (including phenoxy) is 2. The molecule has 1 N–H and O–H groups in total. The van der Waals surface area contributed by atoms with Crippen LogP contribution in [0.1, 0.15) is 28.9 Å². The Hall–Kier alpha value is -3.27. The summed E-state index contributed by atoms with van der Waals surface area (Å²) in [5.74, 6) is 1.38. The van der Waals surface area contributed by atoms with Gasteiger partial charge in [-0.2, -0.15) is 0 Å². The number of fused-ring (bicyclic) bond motifs is 1. The first kappa shape index (κ1) is 17.2. The fraction of sp³-hybridized carbons (Fsp3) is 0.174. The van der Waals surface area contributed by atoms with E-state index >= 15 is 0 Å². The van der Waals surface area contributed by atoms with Crippen LogP contribution in [0.4, 0.5) is 0 Å². The lowest BCUT2D eigenvalue weighted by atomic mass is 10.0. The largest absolute Gasteiger partial charge is 0.486 e. The molecule has 0 saturated heterocycles. The third-order valence-electron chi connectivity index (χ3n) is 4.67. The molecule has 0 fully saturated rings. The number of rotatable bonds is 4. The topological polar surface area (TPSA) is 47.6 Å². The lowest BCUT2D eigenvalue weighted by Gasteiger charge is -2.21. The van der Waals surface area contributed by atoms with E-state index < -0.39 is 0 Å². The van der Waals surface area contributed by atoms with Gasteiger partial charge in [-0.3, -0.25) is 4.79 Å². The molecule has 3 aromatic rings. The minimum Gasteiger partial charge on any atom is -0.486 e. The van der Waals surface area contributed by atoms with Crippen molar-refractivity contribution in [2.45, 2.75) is 13.0 Å². The number of hydrogen-bond acceptors (Lipinski definition) is 3. The molecular formula is C23H21NO3. The highest BCUT2D eigenvalue weighted by Crippen LogP contribution is 2.32. The molecule has 1 heterocycles. The smallest absolute Gasteiger partial charge is 0.251 e. The Morgan fingerprint density at radius 2 is 1.52 bits per heavy atom. The molecular weight excluding hydrogens is 338 g/mol. The summed E-state index contributed by atoms with van der Waals surface area (Å²) in [5, 5.41) is 3.04. The van der Waals surface area contributed by atoms with Gasteiger partial charge in [0.1, 0.15) is 13.2 Å². The SMILES string of the molecule is C[C@H](NC(=O)c1ccc(-c2ccccc2)cc1)c1ccc2c(c1)OCCO2. The zero-order valence-corrected chi connectivity index (χ0v) is 15.1. The molecule has 0 radical (unpaired) electrons. The maximum absolute atomic E-state index is 12.6. The van der Waals surface area contributed by atoms with Gasteiger partial charge in [0.25, 0.3) is 5.91 Å². The van der Waals surface area contributed by atoms with Gasteiger partial charge in [-0.1, -0.05) is 48.5 Å². The molecule has 4 nitrogen and oxygen atoms in total. The zero-order valence-electron chi connectivity index (χ0n) is 15.1. The summed E-state index contributed by atoms with van der Waals surface area (Å²) in [5.41, 5.74) is 3.84. The maximum Gasteiger partial charge on any atom is 0.251 e. The van der Waals surface area contributed by atoms with E-state index in [2.05, 4.69) is 17.4 Å². The van der Waals surface area contributed by atoms with E-state index in [1.807, 2.05) is 67.6 Å². The quantitative estimate of drug-likeness (QED) is 0.740. The highest BCUT2D eigenvalue weighted by Gasteiger charge is 2.16. The van der Waals surface area contributed by atoms with Gasteiger partial charge in [0.05, 0.1) is 6.04 Å². The van der Waals surface area contributed by atoms with E-state index in [9.17, 15) is 4.79 Å². The van der Waals surface area contributed by atoms with Crippen molar-refractivity contribution >= 4 is 5.91 Å². The lowest BCUT2D eigenvalue weighted by Crippen LogP contribution is -2.26. The lowest BCUT2D eigenvalue weighted by molar-refractivity contribution is 0.0939. The second kappa shape index (κ2) is 7.54. The Morgan fingerprint density at radius 1 is 0.852 bits per heavy atom. The summed E-state index contributed by atoms with van der Waals surface area (Å²) in [4.78, 5) is 12.6. The van der Waals surface area contributed by atoms with Crippen molar-refractivity contribution in [1.82, 2.24) is 5.32 Å². The molecule has 4 heteroatoms. The van der Waals surface area contributed by atoms with Crippen LogP contribution in [-0.2, 0) is 0 Å². The summed E-state index contributed by atoms with van der Waals surface area (Å²) >= 11 is 0. The van der Waals surface area contributed by atoms with Crippen LogP contribution in [0, 0.1) is 0 Å². The minimum atomic E-state index is -0.137. The number of carbonyl (C=O) groups excluding carboxylic acids is 1. The van der Waals surface area contributed by atoms with Gasteiger partial charge < -0.3 is 14.8 Å². The van der Waals surface area contributed by atoms with Gasteiger partial charge in [-0.15, -0.1) is 0 Å². The third kappa shape index (κ3) is 3.80. The molecule has 0 bridgehead atoms. The molecule has 1 atom stereocenters. The van der Waals surface area contributed by atoms with E-state index in [0.29, 0.717) is 18.8 Å². The summed E-state index contributed by atoms with van der Waals surface area (Å²) in [6, 6.07) is 23.4. The molecule has 27 heavy (non-hydrogen) atoms. The molecule has 0 aromatic heterocycles. The molecule has 136 valence electrons. The van der Waals surface area contributed by atoms with Gasteiger partial charge >= 0.3 is 0 Å². The summed E-state index contributed by atoms with van der Waals surface area (Å²) < 4.78 is 11.2. The molecule has 0 unspecified atom stereocenters. The van der Waals surface area contributed by atoms with Crippen molar-refractivity contribution in [3.05, 3.63) is 83.9 Å². The van der Waals surface area contributed by atoms with Crippen LogP contribution in [0.5, 0.6) is 11.5 Å². The van der Waals surface area contributed by atoms with Crippen molar-refractivity contribution in [1.29, 1.82) is 0 Å². The average Bonchev–Trinajstić information content (AvgIpc) is 2.74. The molecule has 0 aliphatic carbocycles. The monoisotopic (exact) mass is 359 g/mol. The average molecular weight is 359 g/mol. The van der Waals surface area contributed by atoms with Crippen molar-refractivity contribution in [2.24, 2.45) is 0 Å². The molecule has 0 spiro atoms. The molecule has 3 aromatic carbocycles. The zero-order chi connectivity index (χ0) is 18.6. The normalized spacial score (nSPS) is 13.7. The Balaban J connectivity index is 1.45. The number of amides is 1. The highest BCUT2D eigenvalue weighted by molar-refractivity contribution is 5.95. The predicted octanol–water partition coefficient (Wildman–Crippen LogP) is 4.62. The summed E-state index contributed by atoms with van der Waals surface area (Å²) in [6.07, 6.45) is 0. The second-order valence-electron chi connectivity index (χ2n) is 6.54. The van der Waals surface area contributed by atoms with E-state index in [1.165, 1.54) is 0 Å². The van der Waals surface area contributed by atoms with Crippen molar-refractivity contribution < 1.29 is 14.3 Å². The first-order valence-electron chi connectivity index (χ1n) is 9.06. The van der Waals surface area contributed by atoms with E-state index in [4.69, 9.17) is 9.47 Å². The molecule has 1 aliphatic heterocycles. The Bertz CT molecular complexity index is 936. The van der Waals surface area contributed by atoms with Gasteiger partial charge in [0, 0.05) is 5.56 Å². The molecule has 1 aliphatic rings. The van der Waals surface area contributed by atoms with Gasteiger partial charge in [0.15, 0.2) is 11.5 Å². The first-order valence-corrected chi connectivity index (χ1v) is 9.06. The van der Waals surface area contributed by atoms with E-state index in [0.717, 1.165) is 28.2 Å². The number of carbonyl (C=O) groups is 1. The van der Waals surface area contributed by atoms with Gasteiger partial charge in [-0.25, -0.2) is 0 Å². The summed E-state index contributed by atoms with van der Waals surface area (Å²) in [6.45, 7) is 3.07. The summed E-state index contributed by atoms with van der Waals surface area (Å²) in [7, 11) is 0. The first-order chi connectivity index (χ1) is 13.2. The Morgan fingerprint density at radius 3 is 2.26 bits per heavy atom. The molecule has 0 saturated carbocycles. The predicted molar refractivity (Wildman–Crippen MR) is 105 cm³/mol. The van der Waals surface area contributed by atoms with Crippen LogP contribution in [0.2, 0.25) is 0 Å². The second-order valence-corrected chi connectivity index (χ2v) is 6.54. The van der Waals surface area contributed by atoms with Crippen LogP contribution in [0.3, 0.4) is 0 Å². The fourth-order valence-corrected chi connectivity index (χ4v) is 3.14. The Kier molecular flexibility index (Phi) is 4.79. The number of nitrogens with one attached hydrogen (secondary N) is 1. The van der Waals surface area contributed by atoms with Gasteiger partial charge in [0.2, 0.25) is 0 Å². The van der Waals surface area contributed by atoms with Crippen LogP contribution >= 0.6 is 0 Å². The van der Waals surface area contributed by atoms with E-state index in [1.54, 1.807) is 0 Å². The van der Waals surface area contributed by atoms with E-state index in [-0.39, 0.29) is 11.9 Å². The number of benzene rings is 3. The van der Waals surface area contributed by atoms with Gasteiger partial charge in [-0.05, 0) is 47.9 Å². The minimum absolute atomic E-state index is 0.1000. The molecule has 1 amide bonds. The van der Waals surface area contributed by atoms with Crippen molar-refractivity contribution in [3.63, 3.8) is 0 Å². The fourth-order valence-electron chi connectivity index (χ4n) is 3.14. The maximum atomic E-state index is 12.6. The number of hydrogen-bond donors (Lipinski definition) is 1. The van der Waals surface area contributed by atoms with Crippen molar-refractivity contribution in [3.8, 4) is 22.6 Å². The standard InChI is InChI=1S/C23H21NO3/c1-16(20-11-12-21-22(15-20)27-14-13-26-21)24-23(25)19-9-7-18(8-10-19)17-5-3-2-4-6-17/h2-12,15-16H,13-14H2,1H3,(H,24,25)/t16-/m0/s1. The van der Waals surface area contributed by atoms with Crippen LogP contribution in [-0.4, -0.2) is 19.1 Å². The van der Waals surface area contributed by atoms with Crippen LogP contribution in [0.15, 0.2) is 72.8 Å².